The number of hydrogen-bond acceptors (Lipinski definition) is 4. The molecule has 2 aliphatic carbocycles. The third-order valence-corrected chi connectivity index (χ3v) is 5.69. The van der Waals surface area contributed by atoms with Crippen molar-refractivity contribution < 1.29 is 0 Å². The van der Waals surface area contributed by atoms with Gasteiger partial charge < -0.3 is 22.1 Å². The van der Waals surface area contributed by atoms with Crippen LogP contribution in [-0.4, -0.2) is 6.04 Å². The summed E-state index contributed by atoms with van der Waals surface area (Å²) in [5.74, 6) is 0.972. The summed E-state index contributed by atoms with van der Waals surface area (Å²) >= 11 is 0. The molecule has 4 rings (SSSR count). The van der Waals surface area contributed by atoms with E-state index in [1.54, 1.807) is 0 Å². The molecule has 3 atom stereocenters. The molecule has 0 amide bonds. The molecule has 0 aliphatic heterocycles. The van der Waals surface area contributed by atoms with Crippen LogP contribution in [-0.2, 0) is 0 Å². The lowest BCUT2D eigenvalue weighted by molar-refractivity contribution is 0.616. The molecule has 4 nitrogen and oxygen atoms in total. The minimum atomic E-state index is 0.301. The molecule has 0 spiro atoms. The summed E-state index contributed by atoms with van der Waals surface area (Å²) in [5.41, 5.74) is 17.8. The zero-order chi connectivity index (χ0) is 20.9. The minimum absolute atomic E-state index is 0.301. The van der Waals surface area contributed by atoms with E-state index in [0.29, 0.717) is 17.9 Å². The van der Waals surface area contributed by atoms with Gasteiger partial charge in [0.05, 0.1) is 6.04 Å². The summed E-state index contributed by atoms with van der Waals surface area (Å²) < 4.78 is 0. The molecule has 4 heteroatoms. The lowest BCUT2D eigenvalue weighted by Crippen LogP contribution is -2.26. The molecule has 154 valence electrons. The molecular formula is C26H30N4. The van der Waals surface area contributed by atoms with Gasteiger partial charge in [-0.25, -0.2) is 0 Å². The molecule has 0 saturated heterocycles. The van der Waals surface area contributed by atoms with Crippen LogP contribution in [0.15, 0.2) is 96.3 Å². The highest BCUT2D eigenvalue weighted by atomic mass is 14.9. The Morgan fingerprint density at radius 3 is 2.13 bits per heavy atom. The van der Waals surface area contributed by atoms with Crippen LogP contribution in [0, 0.1) is 11.8 Å². The van der Waals surface area contributed by atoms with Crippen LogP contribution in [0.2, 0.25) is 0 Å². The summed E-state index contributed by atoms with van der Waals surface area (Å²) in [6.07, 6.45) is 15.8. The smallest absolute Gasteiger partial charge is 0.0507 e. The van der Waals surface area contributed by atoms with E-state index >= 15 is 0 Å². The highest BCUT2D eigenvalue weighted by Crippen LogP contribution is 2.29. The Morgan fingerprint density at radius 1 is 0.867 bits per heavy atom. The first-order valence-corrected chi connectivity index (χ1v) is 10.6. The van der Waals surface area contributed by atoms with Crippen molar-refractivity contribution in [2.45, 2.75) is 25.8 Å². The molecule has 0 saturated carbocycles. The molecule has 0 bridgehead atoms. The van der Waals surface area contributed by atoms with Crippen LogP contribution in [0.3, 0.4) is 0 Å². The van der Waals surface area contributed by atoms with E-state index in [2.05, 4.69) is 54.0 Å². The molecule has 0 heterocycles. The first kappa shape index (κ1) is 19.9. The molecule has 0 fully saturated rings. The maximum Gasteiger partial charge on any atom is 0.0507 e. The van der Waals surface area contributed by atoms with Gasteiger partial charge in [-0.05, 0) is 79.3 Å². The van der Waals surface area contributed by atoms with Gasteiger partial charge >= 0.3 is 0 Å². The average Bonchev–Trinajstić information content (AvgIpc) is 2.75. The number of rotatable bonds is 6. The summed E-state index contributed by atoms with van der Waals surface area (Å²) in [5, 5.41) is 7.03. The zero-order valence-corrected chi connectivity index (χ0v) is 17.4. The Kier molecular flexibility index (Phi) is 5.94. The summed E-state index contributed by atoms with van der Waals surface area (Å²) in [6, 6.07) is 16.1. The lowest BCUT2D eigenvalue weighted by atomic mass is 9.86. The highest BCUT2D eigenvalue weighted by Gasteiger charge is 2.18. The van der Waals surface area contributed by atoms with Gasteiger partial charge in [0, 0.05) is 28.4 Å². The van der Waals surface area contributed by atoms with Crippen LogP contribution in [0.25, 0.3) is 0 Å². The standard InChI is InChI=1S/C26H30N4/c1-18-16-20(4-15-26(18)30-25-13-7-22(28)8-14-25)17-19-2-9-23(10-3-19)29-24-11-5-21(27)6-12-24/h2,4-16,18-19,26,29-30H,3,17,27-28H2,1H3. The predicted molar refractivity (Wildman–Crippen MR) is 129 cm³/mol. The number of nitrogens with one attached hydrogen (secondary N) is 2. The number of nitrogens with two attached hydrogens (primary N) is 2. The van der Waals surface area contributed by atoms with E-state index in [1.165, 1.54) is 5.57 Å². The van der Waals surface area contributed by atoms with Crippen LogP contribution in [0.4, 0.5) is 22.7 Å². The van der Waals surface area contributed by atoms with Crippen molar-refractivity contribution in [1.82, 2.24) is 0 Å². The second-order valence-corrected chi connectivity index (χ2v) is 8.22. The maximum atomic E-state index is 5.78. The Hall–Kier alpha value is -3.40. The van der Waals surface area contributed by atoms with Gasteiger partial charge in [-0.2, -0.15) is 0 Å². The van der Waals surface area contributed by atoms with Crippen molar-refractivity contribution in [3.63, 3.8) is 0 Å². The normalized spacial score (nSPS) is 22.9. The molecule has 0 aromatic heterocycles. The predicted octanol–water partition coefficient (Wildman–Crippen LogP) is 5.73. The Bertz CT molecular complexity index is 981. The van der Waals surface area contributed by atoms with Gasteiger partial charge in [-0.3, -0.25) is 0 Å². The van der Waals surface area contributed by atoms with E-state index < -0.39 is 0 Å². The van der Waals surface area contributed by atoms with Crippen molar-refractivity contribution in [3.05, 3.63) is 96.3 Å². The SMILES string of the molecule is CC1C=C(CC2C=CC(Nc3ccc(N)cc3)=CC2)C=CC1Nc1ccc(N)cc1. The number of hydrogen-bond donors (Lipinski definition) is 4. The second-order valence-electron chi connectivity index (χ2n) is 8.22. The molecular weight excluding hydrogens is 368 g/mol. The van der Waals surface area contributed by atoms with Crippen LogP contribution >= 0.6 is 0 Å². The third-order valence-electron chi connectivity index (χ3n) is 5.69. The average molecular weight is 399 g/mol. The fourth-order valence-corrected chi connectivity index (χ4v) is 3.93. The van der Waals surface area contributed by atoms with Crippen molar-refractivity contribution in [3.8, 4) is 0 Å². The van der Waals surface area contributed by atoms with Gasteiger partial charge in [0.15, 0.2) is 0 Å². The first-order valence-electron chi connectivity index (χ1n) is 10.6. The molecule has 6 N–H and O–H groups in total. The monoisotopic (exact) mass is 398 g/mol. The highest BCUT2D eigenvalue weighted by molar-refractivity contribution is 5.56. The van der Waals surface area contributed by atoms with E-state index in [-0.39, 0.29) is 0 Å². The van der Waals surface area contributed by atoms with Gasteiger partial charge in [0.2, 0.25) is 0 Å². The maximum absolute atomic E-state index is 5.78. The molecule has 2 aromatic rings. The number of allylic oxidation sites excluding steroid dienone is 5. The second kappa shape index (κ2) is 8.95. The van der Waals surface area contributed by atoms with Crippen LogP contribution in [0.1, 0.15) is 19.8 Å². The van der Waals surface area contributed by atoms with Crippen LogP contribution < -0.4 is 22.1 Å². The number of nitrogen functional groups attached to an aromatic ring is 2. The fraction of sp³-hybridized carbons (Fsp3) is 0.231. The third kappa shape index (κ3) is 5.15. The van der Waals surface area contributed by atoms with E-state index in [1.807, 2.05) is 48.5 Å². The van der Waals surface area contributed by atoms with Crippen molar-refractivity contribution in [2.75, 3.05) is 22.1 Å². The fourth-order valence-electron chi connectivity index (χ4n) is 3.93. The largest absolute Gasteiger partial charge is 0.399 e. The topological polar surface area (TPSA) is 76.1 Å². The summed E-state index contributed by atoms with van der Waals surface area (Å²) in [4.78, 5) is 0. The molecule has 2 aliphatic rings. The van der Waals surface area contributed by atoms with Gasteiger partial charge in [0.1, 0.15) is 0 Å². The summed E-state index contributed by atoms with van der Waals surface area (Å²) in [7, 11) is 0. The number of benzene rings is 2. The van der Waals surface area contributed by atoms with Gasteiger partial charge in [-0.15, -0.1) is 0 Å². The molecule has 0 radical (unpaired) electrons. The Labute approximate surface area is 179 Å². The van der Waals surface area contributed by atoms with Crippen molar-refractivity contribution >= 4 is 22.7 Å². The number of anilines is 4. The molecule has 30 heavy (non-hydrogen) atoms. The van der Waals surface area contributed by atoms with Gasteiger partial charge in [-0.1, -0.05) is 42.9 Å². The Balaban J connectivity index is 1.29. The van der Waals surface area contributed by atoms with Gasteiger partial charge in [0.25, 0.3) is 0 Å². The van der Waals surface area contributed by atoms with E-state index in [4.69, 9.17) is 11.5 Å². The van der Waals surface area contributed by atoms with Crippen molar-refractivity contribution in [2.24, 2.45) is 11.8 Å². The zero-order valence-electron chi connectivity index (χ0n) is 17.4. The van der Waals surface area contributed by atoms with Crippen molar-refractivity contribution in [1.29, 1.82) is 0 Å². The van der Waals surface area contributed by atoms with E-state index in [0.717, 1.165) is 41.3 Å². The molecule has 3 unspecified atom stereocenters. The molecule has 2 aromatic carbocycles. The first-order chi connectivity index (χ1) is 14.5. The minimum Gasteiger partial charge on any atom is -0.399 e. The summed E-state index contributed by atoms with van der Waals surface area (Å²) in [6.45, 7) is 2.27. The lowest BCUT2D eigenvalue weighted by Gasteiger charge is -2.26. The quantitative estimate of drug-likeness (QED) is 0.469. The van der Waals surface area contributed by atoms with Crippen LogP contribution in [0.5, 0.6) is 0 Å². The Morgan fingerprint density at radius 2 is 1.53 bits per heavy atom. The van der Waals surface area contributed by atoms with E-state index in [9.17, 15) is 0 Å².